The molecule has 0 saturated carbocycles. The lowest BCUT2D eigenvalue weighted by molar-refractivity contribution is -0.137. The van der Waals surface area contributed by atoms with Gasteiger partial charge in [0.1, 0.15) is 0 Å². The standard InChI is InChI=1S/C16H16ClNO6/c1-22-11-4-3-9(7-13(11)23-2)10(8-15(19)20)18-16(21)12-5-6-14(17)24-12/h3-7,10H,8H2,1-2H3,(H,18,21)(H,19,20). The maximum absolute atomic E-state index is 12.2. The van der Waals surface area contributed by atoms with Crippen molar-refractivity contribution in [3.63, 3.8) is 0 Å². The van der Waals surface area contributed by atoms with E-state index in [0.717, 1.165) is 0 Å². The minimum absolute atomic E-state index is 0.00383. The van der Waals surface area contributed by atoms with Crippen molar-refractivity contribution in [1.82, 2.24) is 5.32 Å². The number of carboxylic acids is 1. The Hall–Kier alpha value is -2.67. The lowest BCUT2D eigenvalue weighted by Crippen LogP contribution is -2.30. The highest BCUT2D eigenvalue weighted by molar-refractivity contribution is 6.29. The zero-order chi connectivity index (χ0) is 17.7. The number of amides is 1. The molecule has 1 heterocycles. The molecule has 0 bridgehead atoms. The first-order valence-electron chi connectivity index (χ1n) is 6.94. The topological polar surface area (TPSA) is 98.0 Å². The number of hydrogen-bond donors (Lipinski definition) is 2. The van der Waals surface area contributed by atoms with Crippen LogP contribution in [0.15, 0.2) is 34.7 Å². The second-order valence-corrected chi connectivity index (χ2v) is 5.21. The summed E-state index contributed by atoms with van der Waals surface area (Å²) in [5.74, 6) is -0.702. The Morgan fingerprint density at radius 3 is 2.46 bits per heavy atom. The Kier molecular flexibility index (Phi) is 5.70. The molecule has 2 aromatic rings. The molecule has 0 saturated heterocycles. The van der Waals surface area contributed by atoms with Gasteiger partial charge in [-0.3, -0.25) is 9.59 Å². The molecule has 2 N–H and O–H groups in total. The third-order valence-corrected chi connectivity index (χ3v) is 3.49. The zero-order valence-corrected chi connectivity index (χ0v) is 13.8. The molecule has 0 fully saturated rings. The molecule has 2 rings (SSSR count). The summed E-state index contributed by atoms with van der Waals surface area (Å²) in [7, 11) is 2.96. The van der Waals surface area contributed by atoms with Crippen LogP contribution >= 0.6 is 11.6 Å². The van der Waals surface area contributed by atoms with Gasteiger partial charge in [-0.25, -0.2) is 0 Å². The van der Waals surface area contributed by atoms with Crippen LogP contribution in [0.2, 0.25) is 5.22 Å². The highest BCUT2D eigenvalue weighted by atomic mass is 35.5. The van der Waals surface area contributed by atoms with Gasteiger partial charge >= 0.3 is 5.97 Å². The van der Waals surface area contributed by atoms with Crippen molar-refractivity contribution in [1.29, 1.82) is 0 Å². The highest BCUT2D eigenvalue weighted by Crippen LogP contribution is 2.31. The van der Waals surface area contributed by atoms with Gasteiger partial charge in [0.2, 0.25) is 0 Å². The Bertz CT molecular complexity index is 742. The lowest BCUT2D eigenvalue weighted by Gasteiger charge is -2.18. The number of nitrogens with one attached hydrogen (secondary N) is 1. The molecular formula is C16H16ClNO6. The molecule has 128 valence electrons. The summed E-state index contributed by atoms with van der Waals surface area (Å²) in [5.41, 5.74) is 0.557. The quantitative estimate of drug-likeness (QED) is 0.794. The van der Waals surface area contributed by atoms with Crippen molar-refractivity contribution >= 4 is 23.5 Å². The smallest absolute Gasteiger partial charge is 0.305 e. The fourth-order valence-electron chi connectivity index (χ4n) is 2.16. The molecule has 1 aromatic carbocycles. The number of aliphatic carboxylic acids is 1. The number of rotatable bonds is 7. The number of benzene rings is 1. The van der Waals surface area contributed by atoms with Gasteiger partial charge in [-0.05, 0) is 41.4 Å². The van der Waals surface area contributed by atoms with Crippen molar-refractivity contribution in [2.24, 2.45) is 0 Å². The molecule has 0 radical (unpaired) electrons. The molecule has 0 aliphatic rings. The largest absolute Gasteiger partial charge is 0.493 e. The zero-order valence-electron chi connectivity index (χ0n) is 13.0. The fraction of sp³-hybridized carbons (Fsp3) is 0.250. The predicted molar refractivity (Wildman–Crippen MR) is 85.7 cm³/mol. The number of carbonyl (C=O) groups excluding carboxylic acids is 1. The molecule has 8 heteroatoms. The summed E-state index contributed by atoms with van der Waals surface area (Å²) in [6.45, 7) is 0. The monoisotopic (exact) mass is 353 g/mol. The summed E-state index contributed by atoms with van der Waals surface area (Å²) in [4.78, 5) is 23.3. The number of ether oxygens (including phenoxy) is 2. The van der Waals surface area contributed by atoms with E-state index in [2.05, 4.69) is 5.32 Å². The summed E-state index contributed by atoms with van der Waals surface area (Å²) in [6, 6.07) is 6.97. The SMILES string of the molecule is COc1ccc(C(CC(=O)O)NC(=O)c2ccc(Cl)o2)cc1OC. The van der Waals surface area contributed by atoms with Gasteiger partial charge in [0, 0.05) is 0 Å². The summed E-state index contributed by atoms with van der Waals surface area (Å²) in [6.07, 6.45) is -0.310. The van der Waals surface area contributed by atoms with E-state index in [0.29, 0.717) is 17.1 Å². The average molecular weight is 354 g/mol. The van der Waals surface area contributed by atoms with Crippen LogP contribution in [0.3, 0.4) is 0 Å². The molecule has 1 amide bonds. The van der Waals surface area contributed by atoms with Crippen LogP contribution in [0.5, 0.6) is 11.5 Å². The average Bonchev–Trinajstić information content (AvgIpc) is 2.99. The number of carbonyl (C=O) groups is 2. The van der Waals surface area contributed by atoms with Crippen LogP contribution in [0.1, 0.15) is 28.6 Å². The highest BCUT2D eigenvalue weighted by Gasteiger charge is 2.22. The minimum atomic E-state index is -1.06. The summed E-state index contributed by atoms with van der Waals surface area (Å²) in [5, 5.41) is 11.8. The fourth-order valence-corrected chi connectivity index (χ4v) is 2.31. The van der Waals surface area contributed by atoms with Crippen LogP contribution in [-0.2, 0) is 4.79 Å². The Morgan fingerprint density at radius 1 is 1.21 bits per heavy atom. The molecule has 1 atom stereocenters. The molecule has 24 heavy (non-hydrogen) atoms. The number of halogens is 1. The van der Waals surface area contributed by atoms with Crippen LogP contribution in [0.4, 0.5) is 0 Å². The molecule has 7 nitrogen and oxygen atoms in total. The van der Waals surface area contributed by atoms with Crippen LogP contribution in [0, 0.1) is 0 Å². The third-order valence-electron chi connectivity index (χ3n) is 3.29. The van der Waals surface area contributed by atoms with Crippen molar-refractivity contribution in [3.8, 4) is 11.5 Å². The second kappa shape index (κ2) is 7.74. The number of methoxy groups -OCH3 is 2. The maximum Gasteiger partial charge on any atom is 0.305 e. The Balaban J connectivity index is 2.28. The molecule has 0 aliphatic heterocycles. The second-order valence-electron chi connectivity index (χ2n) is 4.84. The van der Waals surface area contributed by atoms with Gasteiger partial charge < -0.3 is 24.3 Å². The van der Waals surface area contributed by atoms with E-state index >= 15 is 0 Å². The molecule has 0 spiro atoms. The first-order chi connectivity index (χ1) is 11.4. The van der Waals surface area contributed by atoms with Crippen molar-refractivity contribution < 1.29 is 28.6 Å². The Labute approximate surface area is 143 Å². The van der Waals surface area contributed by atoms with Crippen LogP contribution < -0.4 is 14.8 Å². The van der Waals surface area contributed by atoms with Gasteiger partial charge in [0.05, 0.1) is 26.7 Å². The van der Waals surface area contributed by atoms with Gasteiger partial charge in [-0.15, -0.1) is 0 Å². The predicted octanol–water partition coefficient (Wildman–Crippen LogP) is 2.90. The van der Waals surface area contributed by atoms with Crippen molar-refractivity contribution in [2.75, 3.05) is 14.2 Å². The van der Waals surface area contributed by atoms with Crippen molar-refractivity contribution in [2.45, 2.75) is 12.5 Å². The van der Waals surface area contributed by atoms with Crippen LogP contribution in [0.25, 0.3) is 0 Å². The first-order valence-corrected chi connectivity index (χ1v) is 7.32. The van der Waals surface area contributed by atoms with E-state index in [1.165, 1.54) is 26.4 Å². The van der Waals surface area contributed by atoms with Gasteiger partial charge in [-0.2, -0.15) is 0 Å². The number of carboxylic acid groups (broad SMARTS) is 1. The van der Waals surface area contributed by atoms with E-state index in [-0.39, 0.29) is 17.4 Å². The Morgan fingerprint density at radius 2 is 1.92 bits per heavy atom. The molecule has 1 unspecified atom stereocenters. The van der Waals surface area contributed by atoms with Gasteiger partial charge in [0.15, 0.2) is 22.5 Å². The van der Waals surface area contributed by atoms with E-state index in [1.807, 2.05) is 0 Å². The lowest BCUT2D eigenvalue weighted by atomic mass is 10.0. The first kappa shape index (κ1) is 17.7. The van der Waals surface area contributed by atoms with E-state index in [9.17, 15) is 9.59 Å². The minimum Gasteiger partial charge on any atom is -0.493 e. The van der Waals surface area contributed by atoms with Gasteiger partial charge in [0.25, 0.3) is 5.91 Å². The summed E-state index contributed by atoms with van der Waals surface area (Å²) < 4.78 is 15.4. The van der Waals surface area contributed by atoms with Crippen LogP contribution in [-0.4, -0.2) is 31.2 Å². The van der Waals surface area contributed by atoms with E-state index in [4.69, 9.17) is 30.6 Å². The van der Waals surface area contributed by atoms with E-state index < -0.39 is 17.9 Å². The molecule has 1 aromatic heterocycles. The number of furan rings is 1. The van der Waals surface area contributed by atoms with E-state index in [1.54, 1.807) is 18.2 Å². The summed E-state index contributed by atoms with van der Waals surface area (Å²) >= 11 is 5.64. The molecular weight excluding hydrogens is 338 g/mol. The normalized spacial score (nSPS) is 11.6. The van der Waals surface area contributed by atoms with Gasteiger partial charge in [-0.1, -0.05) is 6.07 Å². The maximum atomic E-state index is 12.2. The number of hydrogen-bond acceptors (Lipinski definition) is 5. The molecule has 0 aliphatic carbocycles. The third kappa shape index (κ3) is 4.20. The van der Waals surface area contributed by atoms with Crippen molar-refractivity contribution in [3.05, 3.63) is 46.9 Å².